The molecule has 1 heterocycles. The van der Waals surface area contributed by atoms with E-state index >= 15 is 0 Å². The van der Waals surface area contributed by atoms with E-state index in [1.807, 2.05) is 0 Å². The fraction of sp³-hybridized carbons (Fsp3) is 0.900. The van der Waals surface area contributed by atoms with Crippen molar-refractivity contribution in [2.75, 3.05) is 13.2 Å². The lowest BCUT2D eigenvalue weighted by Gasteiger charge is -2.22. The first-order valence-corrected chi connectivity index (χ1v) is 5.25. The van der Waals surface area contributed by atoms with Crippen LogP contribution in [-0.2, 0) is 9.53 Å². The molecule has 1 unspecified atom stereocenters. The normalized spacial score (nSPS) is 24.3. The van der Waals surface area contributed by atoms with Gasteiger partial charge < -0.3 is 15.2 Å². The van der Waals surface area contributed by atoms with E-state index in [1.54, 1.807) is 6.92 Å². The minimum atomic E-state index is -0.480. The number of aliphatic hydroxyl groups is 1. The van der Waals surface area contributed by atoms with E-state index in [2.05, 4.69) is 5.32 Å². The predicted molar refractivity (Wildman–Crippen MR) is 52.9 cm³/mol. The zero-order chi connectivity index (χ0) is 10.4. The summed E-state index contributed by atoms with van der Waals surface area (Å²) in [6, 6.07) is 0. The van der Waals surface area contributed by atoms with Crippen molar-refractivity contribution in [3.63, 3.8) is 0 Å². The molecule has 1 aliphatic heterocycles. The Morgan fingerprint density at radius 3 is 3.00 bits per heavy atom. The standard InChI is InChI=1S/C10H19NO3/c1-8(12)7-11-10(13)6-9-4-2-3-5-14-9/h8-9,12H,2-7H2,1H3,(H,11,13)/t8-,9?/m1/s1. The zero-order valence-electron chi connectivity index (χ0n) is 8.66. The molecule has 2 N–H and O–H groups in total. The van der Waals surface area contributed by atoms with Gasteiger partial charge in [0, 0.05) is 13.2 Å². The number of rotatable bonds is 4. The van der Waals surface area contributed by atoms with E-state index in [4.69, 9.17) is 9.84 Å². The number of hydrogen-bond donors (Lipinski definition) is 2. The third-order valence-corrected chi connectivity index (χ3v) is 2.28. The van der Waals surface area contributed by atoms with Crippen molar-refractivity contribution in [1.82, 2.24) is 5.32 Å². The fourth-order valence-corrected chi connectivity index (χ4v) is 1.51. The smallest absolute Gasteiger partial charge is 0.222 e. The van der Waals surface area contributed by atoms with Crippen LogP contribution in [0.2, 0.25) is 0 Å². The van der Waals surface area contributed by atoms with Crippen LogP contribution >= 0.6 is 0 Å². The molecule has 4 nitrogen and oxygen atoms in total. The Balaban J connectivity index is 2.12. The maximum Gasteiger partial charge on any atom is 0.222 e. The van der Waals surface area contributed by atoms with Crippen LogP contribution < -0.4 is 5.32 Å². The summed E-state index contributed by atoms with van der Waals surface area (Å²) in [5.74, 6) is -0.0298. The van der Waals surface area contributed by atoms with E-state index in [1.165, 1.54) is 0 Å². The summed E-state index contributed by atoms with van der Waals surface area (Å²) in [4.78, 5) is 11.3. The van der Waals surface area contributed by atoms with Gasteiger partial charge >= 0.3 is 0 Å². The Bertz CT molecular complexity index is 176. The Morgan fingerprint density at radius 2 is 2.43 bits per heavy atom. The van der Waals surface area contributed by atoms with Crippen LogP contribution in [-0.4, -0.2) is 36.4 Å². The molecule has 4 heteroatoms. The van der Waals surface area contributed by atoms with E-state index in [9.17, 15) is 4.79 Å². The molecule has 1 rings (SSSR count). The molecule has 1 amide bonds. The van der Waals surface area contributed by atoms with E-state index < -0.39 is 6.10 Å². The van der Waals surface area contributed by atoms with Crippen LogP contribution in [0.15, 0.2) is 0 Å². The quantitative estimate of drug-likeness (QED) is 0.694. The van der Waals surface area contributed by atoms with Crippen molar-refractivity contribution < 1.29 is 14.6 Å². The van der Waals surface area contributed by atoms with Gasteiger partial charge in [0.2, 0.25) is 5.91 Å². The zero-order valence-corrected chi connectivity index (χ0v) is 8.66. The first-order valence-electron chi connectivity index (χ1n) is 5.25. The van der Waals surface area contributed by atoms with Crippen LogP contribution in [0, 0.1) is 0 Å². The molecule has 0 aromatic carbocycles. The third kappa shape index (κ3) is 4.58. The molecule has 0 aromatic rings. The Morgan fingerprint density at radius 1 is 1.64 bits per heavy atom. The molecular formula is C10H19NO3. The molecule has 82 valence electrons. The molecule has 0 spiro atoms. The van der Waals surface area contributed by atoms with Gasteiger partial charge in [0.15, 0.2) is 0 Å². The van der Waals surface area contributed by atoms with E-state index in [0.29, 0.717) is 13.0 Å². The Kier molecular flexibility index (Phi) is 4.90. The number of carbonyl (C=O) groups excluding carboxylic acids is 1. The lowest BCUT2D eigenvalue weighted by molar-refractivity contribution is -0.125. The maximum absolute atomic E-state index is 11.3. The highest BCUT2D eigenvalue weighted by atomic mass is 16.5. The van der Waals surface area contributed by atoms with Gasteiger partial charge in [0.25, 0.3) is 0 Å². The summed E-state index contributed by atoms with van der Waals surface area (Å²) in [5.41, 5.74) is 0. The van der Waals surface area contributed by atoms with Crippen molar-refractivity contribution >= 4 is 5.91 Å². The van der Waals surface area contributed by atoms with Crippen LogP contribution in [0.5, 0.6) is 0 Å². The van der Waals surface area contributed by atoms with Crippen molar-refractivity contribution in [3.05, 3.63) is 0 Å². The van der Waals surface area contributed by atoms with Gasteiger partial charge in [-0.05, 0) is 26.2 Å². The third-order valence-electron chi connectivity index (χ3n) is 2.28. The van der Waals surface area contributed by atoms with Crippen LogP contribution in [0.1, 0.15) is 32.6 Å². The summed E-state index contributed by atoms with van der Waals surface area (Å²) in [7, 11) is 0. The van der Waals surface area contributed by atoms with Gasteiger partial charge in [0.05, 0.1) is 18.6 Å². The van der Waals surface area contributed by atoms with Crippen LogP contribution in [0.3, 0.4) is 0 Å². The van der Waals surface area contributed by atoms with Gasteiger partial charge in [-0.25, -0.2) is 0 Å². The first-order chi connectivity index (χ1) is 6.68. The Labute approximate surface area is 84.6 Å². The van der Waals surface area contributed by atoms with Crippen molar-refractivity contribution in [3.8, 4) is 0 Å². The van der Waals surface area contributed by atoms with Gasteiger partial charge in [-0.3, -0.25) is 4.79 Å². The highest BCUT2D eigenvalue weighted by Crippen LogP contribution is 2.15. The van der Waals surface area contributed by atoms with Crippen molar-refractivity contribution in [2.24, 2.45) is 0 Å². The first kappa shape index (κ1) is 11.5. The molecule has 2 atom stereocenters. The number of amides is 1. The minimum Gasteiger partial charge on any atom is -0.392 e. The largest absolute Gasteiger partial charge is 0.392 e. The fourth-order valence-electron chi connectivity index (χ4n) is 1.51. The maximum atomic E-state index is 11.3. The molecular weight excluding hydrogens is 182 g/mol. The number of hydrogen-bond acceptors (Lipinski definition) is 3. The van der Waals surface area contributed by atoms with Gasteiger partial charge in [0.1, 0.15) is 0 Å². The lowest BCUT2D eigenvalue weighted by atomic mass is 10.1. The van der Waals surface area contributed by atoms with E-state index in [-0.39, 0.29) is 12.0 Å². The predicted octanol–water partition coefficient (Wildman–Crippen LogP) is 0.443. The number of ether oxygens (including phenoxy) is 1. The van der Waals surface area contributed by atoms with Gasteiger partial charge in [-0.1, -0.05) is 0 Å². The summed E-state index contributed by atoms with van der Waals surface area (Å²) < 4.78 is 5.43. The van der Waals surface area contributed by atoms with Gasteiger partial charge in [-0.2, -0.15) is 0 Å². The molecule has 0 radical (unpaired) electrons. The van der Waals surface area contributed by atoms with Crippen molar-refractivity contribution in [1.29, 1.82) is 0 Å². The molecule has 1 fully saturated rings. The topological polar surface area (TPSA) is 58.6 Å². The van der Waals surface area contributed by atoms with Crippen LogP contribution in [0.25, 0.3) is 0 Å². The monoisotopic (exact) mass is 201 g/mol. The lowest BCUT2D eigenvalue weighted by Crippen LogP contribution is -2.34. The molecule has 0 bridgehead atoms. The average Bonchev–Trinajstić information content (AvgIpc) is 2.16. The summed E-state index contributed by atoms with van der Waals surface area (Å²) in [5, 5.41) is 11.6. The average molecular weight is 201 g/mol. The van der Waals surface area contributed by atoms with Crippen molar-refractivity contribution in [2.45, 2.75) is 44.8 Å². The summed E-state index contributed by atoms with van der Waals surface area (Å²) in [6.45, 7) is 2.75. The summed E-state index contributed by atoms with van der Waals surface area (Å²) >= 11 is 0. The van der Waals surface area contributed by atoms with E-state index in [0.717, 1.165) is 25.9 Å². The molecule has 1 saturated heterocycles. The Hall–Kier alpha value is -0.610. The highest BCUT2D eigenvalue weighted by molar-refractivity contribution is 5.76. The molecule has 0 aromatic heterocycles. The minimum absolute atomic E-state index is 0.0298. The number of nitrogens with one attached hydrogen (secondary N) is 1. The number of carbonyl (C=O) groups is 1. The second kappa shape index (κ2) is 5.98. The van der Waals surface area contributed by atoms with Gasteiger partial charge in [-0.15, -0.1) is 0 Å². The molecule has 0 aliphatic carbocycles. The number of aliphatic hydroxyl groups excluding tert-OH is 1. The molecule has 1 aliphatic rings. The SMILES string of the molecule is C[C@@H](O)CNC(=O)CC1CCCCO1. The molecule has 0 saturated carbocycles. The van der Waals surface area contributed by atoms with Crippen LogP contribution in [0.4, 0.5) is 0 Å². The second-order valence-electron chi connectivity index (χ2n) is 3.85. The highest BCUT2D eigenvalue weighted by Gasteiger charge is 2.17. The second-order valence-corrected chi connectivity index (χ2v) is 3.85. The summed E-state index contributed by atoms with van der Waals surface area (Å²) in [6.07, 6.45) is 3.25. The molecule has 14 heavy (non-hydrogen) atoms.